The van der Waals surface area contributed by atoms with Crippen LogP contribution in [0.15, 0.2) is 28.7 Å². The van der Waals surface area contributed by atoms with E-state index in [1.54, 1.807) is 0 Å². The molecule has 0 bridgehead atoms. The summed E-state index contributed by atoms with van der Waals surface area (Å²) in [5.74, 6) is 0.125. The van der Waals surface area contributed by atoms with Gasteiger partial charge in [-0.1, -0.05) is 35.7 Å². The molecule has 104 valence electrons. The van der Waals surface area contributed by atoms with E-state index < -0.39 is 5.54 Å². The van der Waals surface area contributed by atoms with Gasteiger partial charge in [0.1, 0.15) is 5.54 Å². The highest BCUT2D eigenvalue weighted by Gasteiger charge is 2.45. The van der Waals surface area contributed by atoms with Crippen molar-refractivity contribution in [2.75, 3.05) is 12.4 Å². The number of methoxy groups -OCH3 is 1. The number of halogens is 1. The summed E-state index contributed by atoms with van der Waals surface area (Å²) in [4.78, 5) is 12.3. The molecule has 4 heteroatoms. The molecule has 0 spiro atoms. The van der Waals surface area contributed by atoms with Gasteiger partial charge in [-0.3, -0.25) is 0 Å². The number of benzene rings is 1. The van der Waals surface area contributed by atoms with Gasteiger partial charge in [0, 0.05) is 10.2 Å². The zero-order valence-corrected chi connectivity index (χ0v) is 13.0. The number of rotatable bonds is 3. The van der Waals surface area contributed by atoms with Crippen molar-refractivity contribution in [2.24, 2.45) is 5.92 Å². The van der Waals surface area contributed by atoms with Crippen molar-refractivity contribution in [3.8, 4) is 0 Å². The van der Waals surface area contributed by atoms with Gasteiger partial charge >= 0.3 is 5.97 Å². The molecule has 1 fully saturated rings. The van der Waals surface area contributed by atoms with Gasteiger partial charge in [-0.25, -0.2) is 4.79 Å². The van der Waals surface area contributed by atoms with Crippen LogP contribution in [0, 0.1) is 5.92 Å². The lowest BCUT2D eigenvalue weighted by molar-refractivity contribution is -0.149. The second-order valence-corrected chi connectivity index (χ2v) is 6.16. The Bertz CT molecular complexity index is 446. The molecular weight excluding hydrogens is 306 g/mol. The van der Waals surface area contributed by atoms with E-state index in [4.69, 9.17) is 4.74 Å². The van der Waals surface area contributed by atoms with Gasteiger partial charge in [0.2, 0.25) is 0 Å². The quantitative estimate of drug-likeness (QED) is 0.854. The van der Waals surface area contributed by atoms with E-state index in [0.29, 0.717) is 0 Å². The third kappa shape index (κ3) is 2.94. The number of nitrogens with one attached hydrogen (secondary N) is 1. The lowest BCUT2D eigenvalue weighted by Gasteiger charge is -2.41. The average Bonchev–Trinajstić information content (AvgIpc) is 2.43. The molecule has 0 heterocycles. The van der Waals surface area contributed by atoms with E-state index in [9.17, 15) is 4.79 Å². The number of carbonyl (C=O) groups excluding carboxylic acids is 1. The third-order valence-corrected chi connectivity index (χ3v) is 4.59. The molecule has 2 unspecified atom stereocenters. The predicted molar refractivity (Wildman–Crippen MR) is 80.1 cm³/mol. The van der Waals surface area contributed by atoms with Gasteiger partial charge in [0.05, 0.1) is 7.11 Å². The number of ether oxygens (including phenoxy) is 1. The highest BCUT2D eigenvalue weighted by atomic mass is 79.9. The zero-order chi connectivity index (χ0) is 13.9. The number of esters is 1. The largest absolute Gasteiger partial charge is 0.467 e. The minimum atomic E-state index is -0.583. The summed E-state index contributed by atoms with van der Waals surface area (Å²) in [7, 11) is 1.47. The molecule has 0 amide bonds. The van der Waals surface area contributed by atoms with Crippen molar-refractivity contribution in [3.63, 3.8) is 0 Å². The molecule has 1 aliphatic rings. The minimum absolute atomic E-state index is 0.150. The van der Waals surface area contributed by atoms with Crippen LogP contribution in [-0.4, -0.2) is 18.6 Å². The van der Waals surface area contributed by atoms with E-state index in [1.165, 1.54) is 13.5 Å². The molecule has 1 aliphatic carbocycles. The average molecular weight is 326 g/mol. The van der Waals surface area contributed by atoms with Crippen LogP contribution in [0.2, 0.25) is 0 Å². The Morgan fingerprint density at radius 2 is 2.05 bits per heavy atom. The van der Waals surface area contributed by atoms with E-state index in [2.05, 4.69) is 28.2 Å². The Morgan fingerprint density at radius 1 is 1.37 bits per heavy atom. The zero-order valence-electron chi connectivity index (χ0n) is 11.4. The fourth-order valence-corrected chi connectivity index (χ4v) is 3.12. The van der Waals surface area contributed by atoms with Crippen molar-refractivity contribution in [1.82, 2.24) is 0 Å². The molecule has 2 rings (SSSR count). The maximum absolute atomic E-state index is 12.3. The Labute approximate surface area is 122 Å². The van der Waals surface area contributed by atoms with Gasteiger partial charge in [-0.2, -0.15) is 0 Å². The molecule has 1 aromatic carbocycles. The summed E-state index contributed by atoms with van der Waals surface area (Å²) in [6.45, 7) is 2.13. The Balaban J connectivity index is 2.27. The van der Waals surface area contributed by atoms with Gasteiger partial charge < -0.3 is 10.1 Å². The molecule has 2 atom stereocenters. The molecule has 0 aliphatic heterocycles. The van der Waals surface area contributed by atoms with E-state index in [-0.39, 0.29) is 11.9 Å². The van der Waals surface area contributed by atoms with Crippen LogP contribution in [0.5, 0.6) is 0 Å². The van der Waals surface area contributed by atoms with Crippen molar-refractivity contribution in [2.45, 2.75) is 38.1 Å². The second kappa shape index (κ2) is 5.95. The Hall–Kier alpha value is -1.03. The first-order valence-electron chi connectivity index (χ1n) is 6.70. The predicted octanol–water partition coefficient (Wildman–Crippen LogP) is 3.98. The number of anilines is 1. The second-order valence-electron chi connectivity index (χ2n) is 5.24. The summed E-state index contributed by atoms with van der Waals surface area (Å²) >= 11 is 3.42. The topological polar surface area (TPSA) is 38.3 Å². The summed E-state index contributed by atoms with van der Waals surface area (Å²) in [6.07, 6.45) is 4.13. The molecular formula is C15H20BrNO2. The molecule has 0 radical (unpaired) electrons. The van der Waals surface area contributed by atoms with Crippen LogP contribution < -0.4 is 5.32 Å². The summed E-state index contributed by atoms with van der Waals surface area (Å²) in [5, 5.41) is 3.43. The molecule has 1 saturated carbocycles. The Morgan fingerprint density at radius 3 is 2.63 bits per heavy atom. The standard InChI is InChI=1S/C15H20BrNO2/c1-11-5-3-4-10-15(11,14(18)19-2)17-13-8-6-12(16)7-9-13/h6-9,11,17H,3-5,10H2,1-2H3. The fraction of sp³-hybridized carbons (Fsp3) is 0.533. The highest BCUT2D eigenvalue weighted by Crippen LogP contribution is 2.37. The SMILES string of the molecule is COC(=O)C1(Nc2ccc(Br)cc2)CCCCC1C. The monoisotopic (exact) mass is 325 g/mol. The van der Waals surface area contributed by atoms with Crippen molar-refractivity contribution in [3.05, 3.63) is 28.7 Å². The molecule has 1 N–H and O–H groups in total. The smallest absolute Gasteiger partial charge is 0.331 e. The summed E-state index contributed by atoms with van der Waals surface area (Å²) in [5.41, 5.74) is 0.378. The fourth-order valence-electron chi connectivity index (χ4n) is 2.86. The first-order chi connectivity index (χ1) is 9.08. The van der Waals surface area contributed by atoms with Gasteiger partial charge in [-0.15, -0.1) is 0 Å². The van der Waals surface area contributed by atoms with Gasteiger partial charge in [-0.05, 0) is 43.0 Å². The van der Waals surface area contributed by atoms with E-state index in [0.717, 1.165) is 29.4 Å². The van der Waals surface area contributed by atoms with Gasteiger partial charge in [0.15, 0.2) is 0 Å². The normalized spacial score (nSPS) is 26.8. The molecule has 1 aromatic rings. The van der Waals surface area contributed by atoms with Crippen LogP contribution in [0.3, 0.4) is 0 Å². The van der Waals surface area contributed by atoms with E-state index >= 15 is 0 Å². The van der Waals surface area contributed by atoms with Gasteiger partial charge in [0.25, 0.3) is 0 Å². The number of carbonyl (C=O) groups is 1. The lowest BCUT2D eigenvalue weighted by Crippen LogP contribution is -2.54. The van der Waals surface area contributed by atoms with Crippen LogP contribution in [-0.2, 0) is 9.53 Å². The first-order valence-corrected chi connectivity index (χ1v) is 7.50. The molecule has 0 saturated heterocycles. The first kappa shape index (κ1) is 14.4. The minimum Gasteiger partial charge on any atom is -0.467 e. The van der Waals surface area contributed by atoms with Crippen molar-refractivity contribution < 1.29 is 9.53 Å². The molecule has 19 heavy (non-hydrogen) atoms. The maximum atomic E-state index is 12.3. The number of hydrogen-bond donors (Lipinski definition) is 1. The Kier molecular flexibility index (Phi) is 4.50. The summed E-state index contributed by atoms with van der Waals surface area (Å²) < 4.78 is 6.08. The summed E-state index contributed by atoms with van der Waals surface area (Å²) in [6, 6.07) is 7.91. The maximum Gasteiger partial charge on any atom is 0.331 e. The van der Waals surface area contributed by atoms with Crippen LogP contribution in [0.1, 0.15) is 32.6 Å². The van der Waals surface area contributed by atoms with E-state index in [1.807, 2.05) is 24.3 Å². The number of hydrogen-bond acceptors (Lipinski definition) is 3. The van der Waals surface area contributed by atoms with Crippen LogP contribution in [0.4, 0.5) is 5.69 Å². The highest BCUT2D eigenvalue weighted by molar-refractivity contribution is 9.10. The van der Waals surface area contributed by atoms with Crippen molar-refractivity contribution in [1.29, 1.82) is 0 Å². The lowest BCUT2D eigenvalue weighted by atomic mass is 9.73. The third-order valence-electron chi connectivity index (χ3n) is 4.06. The molecule has 3 nitrogen and oxygen atoms in total. The van der Waals surface area contributed by atoms with Crippen LogP contribution >= 0.6 is 15.9 Å². The molecule has 0 aromatic heterocycles. The van der Waals surface area contributed by atoms with Crippen LogP contribution in [0.25, 0.3) is 0 Å². The van der Waals surface area contributed by atoms with Crippen molar-refractivity contribution >= 4 is 27.6 Å².